The van der Waals surface area contributed by atoms with Crippen LogP contribution in [0.5, 0.6) is 0 Å². The monoisotopic (exact) mass is 287 g/mol. The van der Waals surface area contributed by atoms with E-state index in [4.69, 9.17) is 4.74 Å². The van der Waals surface area contributed by atoms with Crippen LogP contribution in [0.2, 0.25) is 12.6 Å². The molecule has 1 N–H and O–H groups in total. The van der Waals surface area contributed by atoms with Gasteiger partial charge in [0.05, 0.1) is 19.9 Å². The summed E-state index contributed by atoms with van der Waals surface area (Å²) in [5.74, 6) is 0.0228. The van der Waals surface area contributed by atoms with Crippen molar-refractivity contribution in [3.05, 3.63) is 18.5 Å². The van der Waals surface area contributed by atoms with Gasteiger partial charge < -0.3 is 9.53 Å². The number of aryl methyl sites for hydroxylation is 1. The van der Waals surface area contributed by atoms with Gasteiger partial charge in [-0.1, -0.05) is 0 Å². The second kappa shape index (κ2) is 8.23. The molecule has 0 aliphatic rings. The first kappa shape index (κ1) is 15.1. The fourth-order valence-electron chi connectivity index (χ4n) is 1.30. The number of nitrogens with zero attached hydrogens (tertiary/aromatic N) is 2. The second-order valence-electron chi connectivity index (χ2n) is 4.01. The maximum Gasteiger partial charge on any atom is 0.359 e. The molecule has 0 saturated carbocycles. The van der Waals surface area contributed by atoms with E-state index in [1.54, 1.807) is 6.20 Å². The maximum atomic E-state index is 11.4. The Hall–Kier alpha value is -0.923. The summed E-state index contributed by atoms with van der Waals surface area (Å²) < 4.78 is 6.93. The van der Waals surface area contributed by atoms with Gasteiger partial charge in [0, 0.05) is 6.07 Å². The van der Waals surface area contributed by atoms with Gasteiger partial charge in [-0.3, -0.25) is 4.79 Å². The van der Waals surface area contributed by atoms with E-state index in [2.05, 4.69) is 4.98 Å². The summed E-state index contributed by atoms with van der Waals surface area (Å²) in [6.07, 6.45) is 4.33. The number of rotatable bonds is 7. The van der Waals surface area contributed by atoms with Crippen molar-refractivity contribution in [3.8, 4) is 0 Å². The van der Waals surface area contributed by atoms with Crippen LogP contribution in [-0.2, 0) is 16.6 Å². The van der Waals surface area contributed by atoms with Crippen LogP contribution in [0.1, 0.15) is 6.42 Å². The first-order valence-corrected chi connectivity index (χ1v) is 9.34. The van der Waals surface area contributed by atoms with E-state index in [0.29, 0.717) is 6.61 Å². The fraction of sp³-hybridized carbons (Fsp3) is 0.545. The van der Waals surface area contributed by atoms with E-state index in [9.17, 15) is 9.59 Å². The third-order valence-electron chi connectivity index (χ3n) is 2.23. The van der Waals surface area contributed by atoms with Crippen molar-refractivity contribution in [2.45, 2.75) is 24.2 Å². The molecule has 7 heteroatoms. The van der Waals surface area contributed by atoms with Crippen LogP contribution in [0.3, 0.4) is 0 Å². The number of carbonyl (C=O) groups is 1. The minimum absolute atomic E-state index is 0.238. The molecule has 100 valence electrons. The lowest BCUT2D eigenvalue weighted by molar-refractivity contribution is -0.713. The highest BCUT2D eigenvalue weighted by atomic mass is 32.2. The van der Waals surface area contributed by atoms with Crippen molar-refractivity contribution >= 4 is 26.8 Å². The molecule has 1 atom stereocenters. The average molecular weight is 287 g/mol. The van der Waals surface area contributed by atoms with Gasteiger partial charge in [0.25, 0.3) is 0 Å². The van der Waals surface area contributed by atoms with Crippen molar-refractivity contribution in [2.75, 3.05) is 12.4 Å². The third kappa shape index (κ3) is 6.13. The van der Waals surface area contributed by atoms with Crippen LogP contribution in [0, 0.1) is 0 Å². The Bertz CT molecular complexity index is 390. The van der Waals surface area contributed by atoms with Crippen molar-refractivity contribution in [1.82, 2.24) is 4.98 Å². The minimum Gasteiger partial charge on any atom is -0.465 e. The summed E-state index contributed by atoms with van der Waals surface area (Å²) in [4.78, 5) is 24.8. The summed E-state index contributed by atoms with van der Waals surface area (Å²) in [6, 6.07) is 2.62. The lowest BCUT2D eigenvalue weighted by atomic mass is 10.5. The van der Waals surface area contributed by atoms with Crippen LogP contribution in [0.4, 0.5) is 0 Å². The Morgan fingerprint density at radius 1 is 1.67 bits per heavy atom. The van der Waals surface area contributed by atoms with E-state index in [-0.39, 0.29) is 11.7 Å². The number of aromatic nitrogens is 2. The Morgan fingerprint density at radius 3 is 3.11 bits per heavy atom. The molecule has 0 bridgehead atoms. The molecule has 1 aromatic rings. The number of hydrogen-bond acceptors (Lipinski definition) is 5. The number of carbonyl (C=O) groups excluding carboxylic acids is 1. The lowest BCUT2D eigenvalue weighted by Gasteiger charge is -2.04. The largest absolute Gasteiger partial charge is 0.465 e. The molecule has 0 aliphatic heterocycles. The van der Waals surface area contributed by atoms with Crippen LogP contribution >= 0.6 is 11.8 Å². The molecule has 0 saturated heterocycles. The summed E-state index contributed by atoms with van der Waals surface area (Å²) in [5, 5.41) is 0.783. The molecule has 0 radical (unpaired) electrons. The van der Waals surface area contributed by atoms with Crippen molar-refractivity contribution in [2.24, 2.45) is 7.05 Å². The molecule has 1 unspecified atom stereocenters. The SMILES string of the molecule is C[n+]1cccnc1SCC(=O)OCCC[SiH](C)O. The highest BCUT2D eigenvalue weighted by Crippen LogP contribution is 2.09. The first-order chi connectivity index (χ1) is 8.59. The van der Waals surface area contributed by atoms with Gasteiger partial charge in [-0.05, 0) is 35.8 Å². The van der Waals surface area contributed by atoms with Gasteiger partial charge >= 0.3 is 11.1 Å². The van der Waals surface area contributed by atoms with Crippen molar-refractivity contribution in [3.63, 3.8) is 0 Å². The lowest BCUT2D eigenvalue weighted by Crippen LogP contribution is -2.31. The number of esters is 1. The predicted octanol–water partition coefficient (Wildman–Crippen LogP) is 0.277. The summed E-state index contributed by atoms with van der Waals surface area (Å²) in [5.41, 5.74) is 0. The molecule has 0 amide bonds. The molecular weight excluding hydrogens is 268 g/mol. The zero-order valence-electron chi connectivity index (χ0n) is 10.7. The molecule has 0 aliphatic carbocycles. The molecule has 5 nitrogen and oxygen atoms in total. The topological polar surface area (TPSA) is 63.3 Å². The van der Waals surface area contributed by atoms with E-state index in [1.165, 1.54) is 11.8 Å². The Labute approximate surface area is 113 Å². The first-order valence-electron chi connectivity index (χ1n) is 5.86. The molecular formula is C11H19N2O3SSi+. The van der Waals surface area contributed by atoms with E-state index in [1.807, 2.05) is 30.4 Å². The Morgan fingerprint density at radius 2 is 2.44 bits per heavy atom. The molecule has 1 rings (SSSR count). The van der Waals surface area contributed by atoms with Gasteiger partial charge in [0.1, 0.15) is 11.9 Å². The molecule has 0 fully saturated rings. The van der Waals surface area contributed by atoms with Crippen molar-refractivity contribution in [1.29, 1.82) is 0 Å². The Kier molecular flexibility index (Phi) is 6.92. The van der Waals surface area contributed by atoms with Gasteiger partial charge in [-0.2, -0.15) is 0 Å². The minimum atomic E-state index is -1.52. The smallest absolute Gasteiger partial charge is 0.359 e. The quantitative estimate of drug-likeness (QED) is 0.195. The Balaban J connectivity index is 2.19. The highest BCUT2D eigenvalue weighted by Gasteiger charge is 2.12. The van der Waals surface area contributed by atoms with Crippen LogP contribution in [0.15, 0.2) is 23.6 Å². The number of ether oxygens (including phenoxy) is 1. The van der Waals surface area contributed by atoms with Gasteiger partial charge in [-0.25, -0.2) is 4.57 Å². The van der Waals surface area contributed by atoms with Gasteiger partial charge in [0.2, 0.25) is 0 Å². The standard InChI is InChI=1S/C11H19N2O3SSi/c1-13-6-3-5-12-11(13)17-9-10(14)16-7-4-8-18(2)15/h3,5-6,15,18H,4,7-9H2,1-2H3/q+1. The van der Waals surface area contributed by atoms with Crippen LogP contribution in [-0.4, -0.2) is 37.1 Å². The molecule has 1 heterocycles. The maximum absolute atomic E-state index is 11.4. The van der Waals surface area contributed by atoms with Crippen molar-refractivity contribution < 1.29 is 18.9 Å². The second-order valence-corrected chi connectivity index (χ2v) is 7.23. The predicted molar refractivity (Wildman–Crippen MR) is 71.8 cm³/mol. The third-order valence-corrected chi connectivity index (χ3v) is 4.51. The van der Waals surface area contributed by atoms with E-state index in [0.717, 1.165) is 17.6 Å². The molecule has 1 aromatic heterocycles. The summed E-state index contributed by atoms with van der Waals surface area (Å²) in [6.45, 7) is 2.25. The normalized spacial score (nSPS) is 12.2. The molecule has 18 heavy (non-hydrogen) atoms. The average Bonchev–Trinajstić information content (AvgIpc) is 2.33. The zero-order valence-corrected chi connectivity index (χ0v) is 12.7. The molecule has 0 spiro atoms. The fourth-order valence-corrected chi connectivity index (χ4v) is 2.79. The molecule has 0 aromatic carbocycles. The van der Waals surface area contributed by atoms with Gasteiger partial charge in [-0.15, -0.1) is 0 Å². The van der Waals surface area contributed by atoms with E-state index >= 15 is 0 Å². The highest BCUT2D eigenvalue weighted by molar-refractivity contribution is 7.99. The number of hydrogen-bond donors (Lipinski definition) is 1. The summed E-state index contributed by atoms with van der Waals surface area (Å²) in [7, 11) is 0.368. The van der Waals surface area contributed by atoms with Crippen LogP contribution in [0.25, 0.3) is 0 Å². The van der Waals surface area contributed by atoms with Gasteiger partial charge in [0.15, 0.2) is 9.04 Å². The zero-order chi connectivity index (χ0) is 13.4. The summed E-state index contributed by atoms with van der Waals surface area (Å²) >= 11 is 1.36. The van der Waals surface area contributed by atoms with E-state index < -0.39 is 9.04 Å². The number of thioether (sulfide) groups is 1. The van der Waals surface area contributed by atoms with Crippen LogP contribution < -0.4 is 4.57 Å².